The Labute approximate surface area is 134 Å². The van der Waals surface area contributed by atoms with Crippen LogP contribution in [0.4, 0.5) is 0 Å². The molecule has 0 heterocycles. The largest absolute Gasteiger partial charge is 0.385 e. The Bertz CT molecular complexity index is 407. The average Bonchev–Trinajstić information content (AvgIpc) is 2.29. The van der Waals surface area contributed by atoms with Crippen molar-refractivity contribution in [3.05, 3.63) is 0 Å². The topological polar surface area (TPSA) is 33.3 Å². The third-order valence-corrected chi connectivity index (χ3v) is 6.06. The quantitative estimate of drug-likeness (QED) is 0.603. The van der Waals surface area contributed by atoms with E-state index in [2.05, 4.69) is 24.5 Å². The van der Waals surface area contributed by atoms with Crippen LogP contribution in [0.3, 0.4) is 0 Å². The zero-order valence-electron chi connectivity index (χ0n) is 13.8. The van der Waals surface area contributed by atoms with E-state index < -0.39 is 0 Å². The number of thiocarbonyl (C=S) groups is 1. The number of ether oxygens (including phenoxy) is 1. The molecule has 4 bridgehead atoms. The second-order valence-corrected chi connectivity index (χ2v) is 9.05. The van der Waals surface area contributed by atoms with E-state index in [-0.39, 0.29) is 5.54 Å². The summed E-state index contributed by atoms with van der Waals surface area (Å²) in [5.41, 5.74) is 1.33. The minimum atomic E-state index is 0.258. The van der Waals surface area contributed by atoms with Crippen LogP contribution in [0.25, 0.3) is 0 Å². The Kier molecular flexibility index (Phi) is 3.98. The summed E-state index contributed by atoms with van der Waals surface area (Å²) in [5.74, 6) is 0.903. The van der Waals surface area contributed by atoms with Crippen LogP contribution in [-0.4, -0.2) is 30.9 Å². The van der Waals surface area contributed by atoms with Crippen LogP contribution in [0.1, 0.15) is 58.8 Å². The molecule has 0 saturated heterocycles. The third-order valence-electron chi connectivity index (χ3n) is 5.82. The van der Waals surface area contributed by atoms with Crippen LogP contribution >= 0.6 is 12.2 Å². The van der Waals surface area contributed by atoms with Crippen molar-refractivity contribution >= 4 is 17.3 Å². The first kappa shape index (κ1) is 15.5. The zero-order valence-corrected chi connectivity index (χ0v) is 14.6. The zero-order chi connectivity index (χ0) is 15.1. The molecule has 0 aromatic rings. The van der Waals surface area contributed by atoms with Crippen molar-refractivity contribution in [3.8, 4) is 0 Å². The smallest absolute Gasteiger partial charge is 0.166 e. The molecular formula is C17H30N2OS. The summed E-state index contributed by atoms with van der Waals surface area (Å²) < 4.78 is 5.08. The SMILES string of the molecule is COCCCNC(=S)NC12CC3CC(C)(CC(C)(C3)C1)C2. The Balaban J connectivity index is 1.61. The van der Waals surface area contributed by atoms with Crippen molar-refractivity contribution in [2.24, 2.45) is 16.7 Å². The maximum Gasteiger partial charge on any atom is 0.166 e. The van der Waals surface area contributed by atoms with Gasteiger partial charge in [-0.15, -0.1) is 0 Å². The molecule has 4 aliphatic carbocycles. The lowest BCUT2D eigenvalue weighted by molar-refractivity contribution is -0.111. The van der Waals surface area contributed by atoms with Crippen LogP contribution in [0.5, 0.6) is 0 Å². The number of nitrogens with one attached hydrogen (secondary N) is 2. The van der Waals surface area contributed by atoms with Gasteiger partial charge in [-0.2, -0.15) is 0 Å². The van der Waals surface area contributed by atoms with E-state index in [0.717, 1.165) is 30.6 Å². The van der Waals surface area contributed by atoms with Crippen molar-refractivity contribution in [3.63, 3.8) is 0 Å². The summed E-state index contributed by atoms with van der Waals surface area (Å²) in [4.78, 5) is 0. The van der Waals surface area contributed by atoms with Crippen LogP contribution in [-0.2, 0) is 4.74 Å². The van der Waals surface area contributed by atoms with Gasteiger partial charge in [-0.1, -0.05) is 13.8 Å². The molecule has 2 N–H and O–H groups in total. The van der Waals surface area contributed by atoms with Crippen LogP contribution < -0.4 is 10.6 Å². The van der Waals surface area contributed by atoms with Gasteiger partial charge in [0, 0.05) is 25.8 Å². The summed E-state index contributed by atoms with van der Waals surface area (Å²) in [6, 6.07) is 0. The van der Waals surface area contributed by atoms with Gasteiger partial charge in [-0.05, 0) is 73.9 Å². The van der Waals surface area contributed by atoms with Gasteiger partial charge >= 0.3 is 0 Å². The summed E-state index contributed by atoms with van der Waals surface area (Å²) in [6.07, 6.45) is 9.19. The molecule has 4 rings (SSSR count). The van der Waals surface area contributed by atoms with Gasteiger partial charge in [0.25, 0.3) is 0 Å². The summed E-state index contributed by atoms with van der Waals surface area (Å²) >= 11 is 5.55. The average molecular weight is 311 g/mol. The maximum atomic E-state index is 5.55. The van der Waals surface area contributed by atoms with Crippen LogP contribution in [0.2, 0.25) is 0 Å². The van der Waals surface area contributed by atoms with Crippen LogP contribution in [0.15, 0.2) is 0 Å². The van der Waals surface area contributed by atoms with Crippen molar-refractivity contribution in [2.75, 3.05) is 20.3 Å². The minimum Gasteiger partial charge on any atom is -0.385 e. The van der Waals surface area contributed by atoms with E-state index in [1.165, 1.54) is 38.5 Å². The van der Waals surface area contributed by atoms with E-state index in [0.29, 0.717) is 10.8 Å². The molecule has 0 amide bonds. The molecule has 4 heteroatoms. The van der Waals surface area contributed by atoms with E-state index in [1.807, 2.05) is 0 Å². The van der Waals surface area contributed by atoms with Crippen molar-refractivity contribution in [1.29, 1.82) is 0 Å². The molecule has 4 saturated carbocycles. The summed E-state index contributed by atoms with van der Waals surface area (Å²) in [6.45, 7) is 6.69. The van der Waals surface area contributed by atoms with Gasteiger partial charge in [0.05, 0.1) is 0 Å². The number of methoxy groups -OCH3 is 1. The lowest BCUT2D eigenvalue weighted by Gasteiger charge is -2.65. The molecule has 2 atom stereocenters. The lowest BCUT2D eigenvalue weighted by atomic mass is 9.43. The van der Waals surface area contributed by atoms with E-state index >= 15 is 0 Å². The molecule has 0 radical (unpaired) electrons. The van der Waals surface area contributed by atoms with Crippen molar-refractivity contribution < 1.29 is 4.74 Å². The van der Waals surface area contributed by atoms with Gasteiger partial charge in [0.15, 0.2) is 5.11 Å². The van der Waals surface area contributed by atoms with E-state index in [1.54, 1.807) is 7.11 Å². The lowest BCUT2D eigenvalue weighted by Crippen LogP contribution is -2.66. The van der Waals surface area contributed by atoms with Crippen molar-refractivity contribution in [1.82, 2.24) is 10.6 Å². The maximum absolute atomic E-state index is 5.55. The van der Waals surface area contributed by atoms with Gasteiger partial charge in [-0.3, -0.25) is 0 Å². The third kappa shape index (κ3) is 3.21. The minimum absolute atomic E-state index is 0.258. The number of hydrogen-bond acceptors (Lipinski definition) is 2. The molecule has 3 nitrogen and oxygen atoms in total. The van der Waals surface area contributed by atoms with Gasteiger partial charge in [-0.25, -0.2) is 0 Å². The molecule has 0 spiro atoms. The molecule has 21 heavy (non-hydrogen) atoms. The predicted octanol–water partition coefficient (Wildman–Crippen LogP) is 3.24. The fourth-order valence-corrected chi connectivity index (χ4v) is 6.61. The Morgan fingerprint density at radius 1 is 1.14 bits per heavy atom. The monoisotopic (exact) mass is 310 g/mol. The molecule has 0 aromatic carbocycles. The number of rotatable bonds is 5. The molecule has 2 unspecified atom stereocenters. The van der Waals surface area contributed by atoms with E-state index in [9.17, 15) is 0 Å². The molecular weight excluding hydrogens is 280 g/mol. The second kappa shape index (κ2) is 5.38. The molecule has 120 valence electrons. The first-order valence-electron chi connectivity index (χ1n) is 8.41. The van der Waals surface area contributed by atoms with E-state index in [4.69, 9.17) is 17.0 Å². The molecule has 0 aliphatic heterocycles. The Morgan fingerprint density at radius 2 is 1.81 bits per heavy atom. The predicted molar refractivity (Wildman–Crippen MR) is 90.4 cm³/mol. The van der Waals surface area contributed by atoms with Crippen LogP contribution in [0, 0.1) is 16.7 Å². The fraction of sp³-hybridized carbons (Fsp3) is 0.941. The standard InChI is InChI=1S/C17H30N2OS/c1-15-7-13-8-16(2,10-15)12-17(9-13,11-15)19-14(21)18-5-4-6-20-3/h13H,4-12H2,1-3H3,(H2,18,19,21). The highest BCUT2D eigenvalue weighted by Crippen LogP contribution is 2.66. The van der Waals surface area contributed by atoms with Crippen molar-refractivity contribution in [2.45, 2.75) is 64.3 Å². The molecule has 4 fully saturated rings. The Hall–Kier alpha value is -0.350. The van der Waals surface area contributed by atoms with Gasteiger partial charge in [0.1, 0.15) is 0 Å². The normalized spacial score (nSPS) is 43.9. The first-order valence-corrected chi connectivity index (χ1v) is 8.82. The summed E-state index contributed by atoms with van der Waals surface area (Å²) in [7, 11) is 1.74. The number of hydrogen-bond donors (Lipinski definition) is 2. The highest BCUT2D eigenvalue weighted by Gasteiger charge is 2.60. The fourth-order valence-electron chi connectivity index (χ4n) is 6.29. The first-order chi connectivity index (χ1) is 9.86. The highest BCUT2D eigenvalue weighted by atomic mass is 32.1. The molecule has 0 aromatic heterocycles. The van der Waals surface area contributed by atoms with Gasteiger partial charge in [0.2, 0.25) is 0 Å². The Morgan fingerprint density at radius 3 is 2.38 bits per heavy atom. The van der Waals surface area contributed by atoms with Gasteiger partial charge < -0.3 is 15.4 Å². The second-order valence-electron chi connectivity index (χ2n) is 8.64. The highest BCUT2D eigenvalue weighted by molar-refractivity contribution is 7.80. The summed E-state index contributed by atoms with van der Waals surface area (Å²) in [5, 5.41) is 7.94. The molecule has 4 aliphatic rings.